The van der Waals surface area contributed by atoms with Crippen LogP contribution in [0.1, 0.15) is 21.6 Å². The van der Waals surface area contributed by atoms with E-state index in [-0.39, 0.29) is 28.4 Å². The number of benzene rings is 1. The summed E-state index contributed by atoms with van der Waals surface area (Å²) in [5, 5.41) is 11.2. The van der Waals surface area contributed by atoms with Crippen molar-refractivity contribution in [2.45, 2.75) is 13.5 Å². The van der Waals surface area contributed by atoms with E-state index >= 15 is 0 Å². The molecule has 2 heterocycles. The highest BCUT2D eigenvalue weighted by Crippen LogP contribution is 2.23. The highest BCUT2D eigenvalue weighted by molar-refractivity contribution is 6.31. The van der Waals surface area contributed by atoms with Gasteiger partial charge in [0.2, 0.25) is 0 Å². The number of carbonyl (C=O) groups is 1. The fourth-order valence-corrected chi connectivity index (χ4v) is 2.60. The lowest BCUT2D eigenvalue weighted by atomic mass is 10.2. The molecule has 0 bridgehead atoms. The van der Waals surface area contributed by atoms with Crippen LogP contribution in [0.15, 0.2) is 47.4 Å². The van der Waals surface area contributed by atoms with Gasteiger partial charge in [0.05, 0.1) is 10.6 Å². The molecule has 3 aromatic rings. The van der Waals surface area contributed by atoms with Crippen molar-refractivity contribution in [2.24, 2.45) is 0 Å². The molecule has 0 aliphatic rings. The average Bonchev–Trinajstić information content (AvgIpc) is 2.60. The van der Waals surface area contributed by atoms with Crippen molar-refractivity contribution >= 4 is 28.9 Å². The third-order valence-corrected chi connectivity index (χ3v) is 3.90. The lowest BCUT2D eigenvalue weighted by Gasteiger charge is -2.08. The van der Waals surface area contributed by atoms with E-state index in [2.05, 4.69) is 4.98 Å². The number of pyridine rings is 1. The molecule has 9 heteroatoms. The SMILES string of the molecule is Cc1cccn2c(=O)cc(COC(=O)c3cc(Cl)ccc3[N+](=O)[O-])nc12. The molecule has 3 rings (SSSR count). The molecular formula is C17H12ClN3O5. The van der Waals surface area contributed by atoms with E-state index in [1.54, 1.807) is 25.3 Å². The molecule has 0 radical (unpaired) electrons. The highest BCUT2D eigenvalue weighted by atomic mass is 35.5. The molecule has 26 heavy (non-hydrogen) atoms. The molecule has 0 aliphatic carbocycles. The van der Waals surface area contributed by atoms with Gasteiger partial charge in [-0.2, -0.15) is 0 Å². The Morgan fingerprint density at radius 2 is 2.12 bits per heavy atom. The van der Waals surface area contributed by atoms with Gasteiger partial charge in [0, 0.05) is 23.4 Å². The summed E-state index contributed by atoms with van der Waals surface area (Å²) in [6.45, 7) is 1.50. The predicted octanol–water partition coefficient (Wildman–Crippen LogP) is 2.92. The number of hydrogen-bond acceptors (Lipinski definition) is 6. The molecule has 1 aromatic carbocycles. The van der Waals surface area contributed by atoms with Gasteiger partial charge < -0.3 is 4.74 Å². The van der Waals surface area contributed by atoms with Crippen molar-refractivity contribution in [1.29, 1.82) is 0 Å². The van der Waals surface area contributed by atoms with Crippen LogP contribution in [0.2, 0.25) is 5.02 Å². The Bertz CT molecular complexity index is 1090. The second kappa shape index (κ2) is 6.93. The molecule has 0 saturated carbocycles. The smallest absolute Gasteiger partial charge is 0.345 e. The van der Waals surface area contributed by atoms with E-state index < -0.39 is 16.6 Å². The molecule has 0 fully saturated rings. The lowest BCUT2D eigenvalue weighted by Crippen LogP contribution is -2.17. The first-order valence-electron chi connectivity index (χ1n) is 7.46. The first kappa shape index (κ1) is 17.6. The number of ether oxygens (including phenoxy) is 1. The Kier molecular flexibility index (Phi) is 4.68. The fourth-order valence-electron chi connectivity index (χ4n) is 2.43. The minimum absolute atomic E-state index is 0.167. The third-order valence-electron chi connectivity index (χ3n) is 3.67. The minimum atomic E-state index is -0.925. The topological polar surface area (TPSA) is 104 Å². The van der Waals surface area contributed by atoms with Crippen LogP contribution in [0.25, 0.3) is 5.65 Å². The van der Waals surface area contributed by atoms with Crippen LogP contribution in [0.5, 0.6) is 0 Å². The molecule has 132 valence electrons. The van der Waals surface area contributed by atoms with Crippen molar-refractivity contribution in [1.82, 2.24) is 9.38 Å². The zero-order chi connectivity index (χ0) is 18.8. The van der Waals surface area contributed by atoms with Gasteiger partial charge in [-0.05, 0) is 30.7 Å². The van der Waals surface area contributed by atoms with E-state index in [9.17, 15) is 19.7 Å². The number of aryl methyl sites for hydroxylation is 1. The number of fused-ring (bicyclic) bond motifs is 1. The monoisotopic (exact) mass is 373 g/mol. The Balaban J connectivity index is 1.88. The number of carbonyl (C=O) groups excluding carboxylic acids is 1. The standard InChI is InChI=1S/C17H12ClN3O5/c1-10-3-2-6-20-15(22)8-12(19-16(10)20)9-26-17(23)13-7-11(18)4-5-14(13)21(24)25/h2-8H,9H2,1H3. The molecule has 0 aliphatic heterocycles. The number of halogens is 1. The van der Waals surface area contributed by atoms with E-state index in [1.165, 1.54) is 16.5 Å². The zero-order valence-electron chi connectivity index (χ0n) is 13.5. The average molecular weight is 374 g/mol. The minimum Gasteiger partial charge on any atom is -0.455 e. The number of hydrogen-bond donors (Lipinski definition) is 0. The van der Waals surface area contributed by atoms with Crippen molar-refractivity contribution < 1.29 is 14.5 Å². The van der Waals surface area contributed by atoms with E-state index in [1.807, 2.05) is 0 Å². The molecule has 2 aromatic heterocycles. The maximum Gasteiger partial charge on any atom is 0.345 e. The molecule has 0 spiro atoms. The number of nitrogens with zero attached hydrogens (tertiary/aromatic N) is 3. The van der Waals surface area contributed by atoms with Gasteiger partial charge in [-0.3, -0.25) is 19.3 Å². The summed E-state index contributed by atoms with van der Waals surface area (Å²) in [5.41, 5.74) is 0.460. The number of nitro groups is 1. The second-order valence-corrected chi connectivity index (χ2v) is 5.90. The van der Waals surface area contributed by atoms with Crippen molar-refractivity contribution in [3.63, 3.8) is 0 Å². The van der Waals surface area contributed by atoms with Crippen LogP contribution < -0.4 is 5.56 Å². The number of rotatable bonds is 4. The fraction of sp³-hybridized carbons (Fsp3) is 0.118. The summed E-state index contributed by atoms with van der Waals surface area (Å²) >= 11 is 5.80. The van der Waals surface area contributed by atoms with Gasteiger partial charge in [-0.15, -0.1) is 0 Å². The van der Waals surface area contributed by atoms with Crippen LogP contribution in [-0.2, 0) is 11.3 Å². The van der Waals surface area contributed by atoms with Gasteiger partial charge in [0.25, 0.3) is 11.2 Å². The van der Waals surface area contributed by atoms with Gasteiger partial charge in [-0.25, -0.2) is 9.78 Å². The first-order valence-corrected chi connectivity index (χ1v) is 7.83. The van der Waals surface area contributed by atoms with E-state index in [0.29, 0.717) is 5.65 Å². The van der Waals surface area contributed by atoms with E-state index in [0.717, 1.165) is 17.7 Å². The summed E-state index contributed by atoms with van der Waals surface area (Å²) in [6.07, 6.45) is 1.59. The zero-order valence-corrected chi connectivity index (χ0v) is 14.3. The quantitative estimate of drug-likeness (QED) is 0.395. The third kappa shape index (κ3) is 3.40. The van der Waals surface area contributed by atoms with Crippen molar-refractivity contribution in [3.05, 3.63) is 84.9 Å². The first-order chi connectivity index (χ1) is 12.4. The largest absolute Gasteiger partial charge is 0.455 e. The van der Waals surface area contributed by atoms with Crippen LogP contribution in [0.3, 0.4) is 0 Å². The summed E-state index contributed by atoms with van der Waals surface area (Å²) in [4.78, 5) is 39.0. The number of esters is 1. The van der Waals surface area contributed by atoms with Gasteiger partial charge >= 0.3 is 5.97 Å². The molecule has 0 atom stereocenters. The Hall–Kier alpha value is -3.26. The van der Waals surface area contributed by atoms with Crippen LogP contribution in [0, 0.1) is 17.0 Å². The normalized spacial score (nSPS) is 10.7. The predicted molar refractivity (Wildman–Crippen MR) is 93.4 cm³/mol. The van der Waals surface area contributed by atoms with Crippen molar-refractivity contribution in [3.8, 4) is 0 Å². The van der Waals surface area contributed by atoms with Gasteiger partial charge in [-0.1, -0.05) is 17.7 Å². The lowest BCUT2D eigenvalue weighted by molar-refractivity contribution is -0.385. The van der Waals surface area contributed by atoms with Crippen LogP contribution >= 0.6 is 11.6 Å². The Morgan fingerprint density at radius 3 is 2.85 bits per heavy atom. The molecule has 0 N–H and O–H groups in total. The summed E-state index contributed by atoms with van der Waals surface area (Å²) in [6, 6.07) is 8.37. The van der Waals surface area contributed by atoms with Crippen LogP contribution in [-0.4, -0.2) is 20.3 Å². The summed E-state index contributed by atoms with van der Waals surface area (Å²) in [5.74, 6) is -0.925. The van der Waals surface area contributed by atoms with E-state index in [4.69, 9.17) is 16.3 Å². The Morgan fingerprint density at radius 1 is 1.35 bits per heavy atom. The van der Waals surface area contributed by atoms with Gasteiger partial charge in [0.15, 0.2) is 0 Å². The number of aromatic nitrogens is 2. The summed E-state index contributed by atoms with van der Waals surface area (Å²) < 4.78 is 6.47. The maximum atomic E-state index is 12.2. The van der Waals surface area contributed by atoms with Crippen molar-refractivity contribution in [2.75, 3.05) is 0 Å². The van der Waals surface area contributed by atoms with Crippen LogP contribution in [0.4, 0.5) is 5.69 Å². The molecular weight excluding hydrogens is 362 g/mol. The molecule has 0 saturated heterocycles. The molecule has 0 unspecified atom stereocenters. The van der Waals surface area contributed by atoms with Gasteiger partial charge in [0.1, 0.15) is 17.8 Å². The maximum absolute atomic E-state index is 12.2. The molecule has 0 amide bonds. The highest BCUT2D eigenvalue weighted by Gasteiger charge is 2.22. The number of nitro benzene ring substituents is 1. The summed E-state index contributed by atoms with van der Waals surface area (Å²) in [7, 11) is 0. The second-order valence-electron chi connectivity index (χ2n) is 5.47. The molecule has 8 nitrogen and oxygen atoms in total. The Labute approximate surface area is 151 Å².